The summed E-state index contributed by atoms with van der Waals surface area (Å²) < 4.78 is 15.3. The zero-order chi connectivity index (χ0) is 14.7. The summed E-state index contributed by atoms with van der Waals surface area (Å²) in [6, 6.07) is 9.42. The van der Waals surface area contributed by atoms with Gasteiger partial charge in [0.1, 0.15) is 11.6 Å². The van der Waals surface area contributed by atoms with Crippen LogP contribution in [-0.4, -0.2) is 5.11 Å². The van der Waals surface area contributed by atoms with Gasteiger partial charge >= 0.3 is 0 Å². The molecule has 3 nitrogen and oxygen atoms in total. The lowest BCUT2D eigenvalue weighted by atomic mass is 10.1. The molecule has 0 spiro atoms. The van der Waals surface area contributed by atoms with E-state index in [1.807, 2.05) is 12.1 Å². The number of phenols is 1. The number of halogens is 3. The van der Waals surface area contributed by atoms with Gasteiger partial charge in [-0.15, -0.1) is 0 Å². The third-order valence-electron chi connectivity index (χ3n) is 2.66. The third-order valence-corrected chi connectivity index (χ3v) is 3.65. The highest BCUT2D eigenvalue weighted by Gasteiger charge is 2.16. The first-order chi connectivity index (χ1) is 9.47. The van der Waals surface area contributed by atoms with Gasteiger partial charge in [-0.3, -0.25) is 0 Å². The smallest absolute Gasteiger partial charge is 0.133 e. The van der Waals surface area contributed by atoms with Crippen LogP contribution in [0.15, 0.2) is 55.6 Å². The monoisotopic (exact) mass is 400 g/mol. The number of benzene rings is 2. The fourth-order valence-corrected chi connectivity index (χ4v) is 2.39. The maximum absolute atomic E-state index is 13.8. The number of aromatic hydroxyl groups is 1. The molecule has 1 atom stereocenters. The molecule has 0 amide bonds. The van der Waals surface area contributed by atoms with E-state index in [1.54, 1.807) is 19.1 Å². The number of hydrogen-bond donors (Lipinski definition) is 1. The molecule has 2 aromatic carbocycles. The minimum Gasteiger partial charge on any atom is -0.507 e. The fourth-order valence-electron chi connectivity index (χ4n) is 1.70. The Morgan fingerprint density at radius 1 is 1.10 bits per heavy atom. The molecule has 20 heavy (non-hydrogen) atoms. The SMILES string of the molecule is CC(N=Nc1ccc(Br)cc1)c1c(O)cc(Br)cc1F. The molecule has 0 saturated heterocycles. The minimum atomic E-state index is -0.577. The molecule has 2 rings (SSSR count). The van der Waals surface area contributed by atoms with Gasteiger partial charge in [-0.2, -0.15) is 10.2 Å². The van der Waals surface area contributed by atoms with Crippen molar-refractivity contribution in [3.05, 3.63) is 56.7 Å². The van der Waals surface area contributed by atoms with Gasteiger partial charge in [0.15, 0.2) is 0 Å². The molecule has 2 aromatic rings. The molecule has 0 aromatic heterocycles. The van der Waals surface area contributed by atoms with Crippen molar-refractivity contribution >= 4 is 37.5 Å². The molecule has 104 valence electrons. The Bertz CT molecular complexity index is 621. The predicted octanol–water partition coefficient (Wildman–Crippen LogP) is 5.90. The molecule has 0 aliphatic rings. The highest BCUT2D eigenvalue weighted by molar-refractivity contribution is 9.10. The maximum Gasteiger partial charge on any atom is 0.133 e. The highest BCUT2D eigenvalue weighted by atomic mass is 79.9. The Labute approximate surface area is 132 Å². The lowest BCUT2D eigenvalue weighted by Gasteiger charge is -2.10. The topological polar surface area (TPSA) is 45.0 Å². The lowest BCUT2D eigenvalue weighted by Crippen LogP contribution is -1.95. The Morgan fingerprint density at radius 2 is 1.75 bits per heavy atom. The van der Waals surface area contributed by atoms with Crippen molar-refractivity contribution in [2.75, 3.05) is 0 Å². The second-order valence-corrected chi connectivity index (χ2v) is 6.02. The van der Waals surface area contributed by atoms with Crippen LogP contribution in [0.25, 0.3) is 0 Å². The molecular weight excluding hydrogens is 391 g/mol. The van der Waals surface area contributed by atoms with E-state index in [4.69, 9.17) is 0 Å². The van der Waals surface area contributed by atoms with E-state index < -0.39 is 11.9 Å². The first kappa shape index (κ1) is 15.1. The molecule has 1 N–H and O–H groups in total. The van der Waals surface area contributed by atoms with E-state index >= 15 is 0 Å². The Morgan fingerprint density at radius 3 is 2.35 bits per heavy atom. The van der Waals surface area contributed by atoms with E-state index in [-0.39, 0.29) is 11.3 Å². The fraction of sp³-hybridized carbons (Fsp3) is 0.143. The average molecular weight is 402 g/mol. The number of phenolic OH excluding ortho intramolecular Hbond substituents is 1. The maximum atomic E-state index is 13.8. The van der Waals surface area contributed by atoms with Crippen molar-refractivity contribution in [3.63, 3.8) is 0 Å². The number of rotatable bonds is 3. The van der Waals surface area contributed by atoms with Crippen LogP contribution >= 0.6 is 31.9 Å². The van der Waals surface area contributed by atoms with Gasteiger partial charge in [0.05, 0.1) is 17.3 Å². The standard InChI is InChI=1S/C14H11Br2FN2O/c1-8(14-12(17)6-10(16)7-13(14)20)18-19-11-4-2-9(15)3-5-11/h2-8,20H,1H3. The first-order valence-electron chi connectivity index (χ1n) is 5.81. The van der Waals surface area contributed by atoms with Gasteiger partial charge in [0.2, 0.25) is 0 Å². The van der Waals surface area contributed by atoms with Gasteiger partial charge < -0.3 is 5.11 Å². The molecule has 0 aliphatic carbocycles. The van der Waals surface area contributed by atoms with Gasteiger partial charge in [0, 0.05) is 8.95 Å². The Kier molecular flexibility index (Phi) is 4.88. The number of hydrogen-bond acceptors (Lipinski definition) is 3. The van der Waals surface area contributed by atoms with E-state index in [9.17, 15) is 9.50 Å². The lowest BCUT2D eigenvalue weighted by molar-refractivity contribution is 0.450. The Balaban J connectivity index is 2.24. The summed E-state index contributed by atoms with van der Waals surface area (Å²) >= 11 is 6.45. The predicted molar refractivity (Wildman–Crippen MR) is 82.8 cm³/mol. The van der Waals surface area contributed by atoms with Crippen molar-refractivity contribution in [2.45, 2.75) is 13.0 Å². The largest absolute Gasteiger partial charge is 0.507 e. The summed E-state index contributed by atoms with van der Waals surface area (Å²) in [4.78, 5) is 0. The molecule has 0 heterocycles. The van der Waals surface area contributed by atoms with Gasteiger partial charge in [0.25, 0.3) is 0 Å². The van der Waals surface area contributed by atoms with Crippen LogP contribution < -0.4 is 0 Å². The van der Waals surface area contributed by atoms with Crippen LogP contribution in [0.3, 0.4) is 0 Å². The van der Waals surface area contributed by atoms with E-state index in [0.29, 0.717) is 10.2 Å². The quantitative estimate of drug-likeness (QED) is 0.639. The molecule has 0 saturated carbocycles. The molecule has 6 heteroatoms. The zero-order valence-electron chi connectivity index (χ0n) is 10.5. The molecular formula is C14H11Br2FN2O. The average Bonchev–Trinajstić information content (AvgIpc) is 2.37. The third kappa shape index (κ3) is 3.64. The van der Waals surface area contributed by atoms with E-state index in [2.05, 4.69) is 42.1 Å². The number of azo groups is 1. The number of nitrogens with zero attached hydrogens (tertiary/aromatic N) is 2. The first-order valence-corrected chi connectivity index (χ1v) is 7.40. The van der Waals surface area contributed by atoms with Gasteiger partial charge in [-0.25, -0.2) is 4.39 Å². The van der Waals surface area contributed by atoms with Crippen LogP contribution in [0, 0.1) is 5.82 Å². The summed E-state index contributed by atoms with van der Waals surface area (Å²) in [5, 5.41) is 17.9. The van der Waals surface area contributed by atoms with Crippen LogP contribution in [0.4, 0.5) is 10.1 Å². The summed E-state index contributed by atoms with van der Waals surface area (Å²) in [5.41, 5.74) is 0.797. The van der Waals surface area contributed by atoms with Crippen LogP contribution in [-0.2, 0) is 0 Å². The molecule has 0 radical (unpaired) electrons. The van der Waals surface area contributed by atoms with Crippen LogP contribution in [0.5, 0.6) is 5.75 Å². The van der Waals surface area contributed by atoms with E-state index in [1.165, 1.54) is 12.1 Å². The molecule has 0 fully saturated rings. The van der Waals surface area contributed by atoms with Crippen molar-refractivity contribution in [2.24, 2.45) is 10.2 Å². The second-order valence-electron chi connectivity index (χ2n) is 4.19. The summed E-state index contributed by atoms with van der Waals surface area (Å²) in [7, 11) is 0. The van der Waals surface area contributed by atoms with Gasteiger partial charge in [-0.1, -0.05) is 31.9 Å². The summed E-state index contributed by atoms with van der Waals surface area (Å²) in [5.74, 6) is -0.654. The molecule has 1 unspecified atom stereocenters. The van der Waals surface area contributed by atoms with Crippen molar-refractivity contribution in [3.8, 4) is 5.75 Å². The normalized spacial score (nSPS) is 12.8. The summed E-state index contributed by atoms with van der Waals surface area (Å²) in [6.45, 7) is 1.67. The second kappa shape index (κ2) is 6.45. The summed E-state index contributed by atoms with van der Waals surface area (Å²) in [6.07, 6.45) is 0. The molecule has 0 aliphatic heterocycles. The van der Waals surface area contributed by atoms with Crippen LogP contribution in [0.2, 0.25) is 0 Å². The van der Waals surface area contributed by atoms with Crippen molar-refractivity contribution in [1.82, 2.24) is 0 Å². The van der Waals surface area contributed by atoms with Gasteiger partial charge in [-0.05, 0) is 43.3 Å². The highest BCUT2D eigenvalue weighted by Crippen LogP contribution is 2.33. The van der Waals surface area contributed by atoms with Crippen molar-refractivity contribution < 1.29 is 9.50 Å². The molecule has 0 bridgehead atoms. The van der Waals surface area contributed by atoms with Crippen molar-refractivity contribution in [1.29, 1.82) is 0 Å². The van der Waals surface area contributed by atoms with Crippen LogP contribution in [0.1, 0.15) is 18.5 Å². The zero-order valence-corrected chi connectivity index (χ0v) is 13.7. The Hall–Kier alpha value is -1.27. The minimum absolute atomic E-state index is 0.133. The van der Waals surface area contributed by atoms with E-state index in [0.717, 1.165) is 4.47 Å².